The summed E-state index contributed by atoms with van der Waals surface area (Å²) < 4.78 is 0. The second-order valence-corrected chi connectivity index (χ2v) is 8.46. The molecule has 0 aliphatic carbocycles. The molecule has 2 rings (SSSR count). The van der Waals surface area contributed by atoms with Crippen LogP contribution < -0.4 is 0 Å². The van der Waals surface area contributed by atoms with E-state index in [1.807, 2.05) is 36.4 Å². The summed E-state index contributed by atoms with van der Waals surface area (Å²) in [7, 11) is -1.79. The zero-order valence-corrected chi connectivity index (χ0v) is 11.4. The highest BCUT2D eigenvalue weighted by atomic mass is 35.7. The minimum absolute atomic E-state index is 0.172. The van der Waals surface area contributed by atoms with Crippen LogP contribution in [0.15, 0.2) is 60.7 Å². The van der Waals surface area contributed by atoms with Crippen molar-refractivity contribution < 1.29 is 0 Å². The lowest BCUT2D eigenvalue weighted by molar-refractivity contribution is 1.13. The lowest BCUT2D eigenvalue weighted by atomic mass is 10.0. The number of hydrogen-bond donors (Lipinski definition) is 0. The average Bonchev–Trinajstić information content (AvgIpc) is 2.31. The van der Waals surface area contributed by atoms with Crippen molar-refractivity contribution in [1.29, 1.82) is 0 Å². The summed E-state index contributed by atoms with van der Waals surface area (Å²) in [5, 5.41) is 0. The number of rotatable bonds is 3. The van der Waals surface area contributed by atoms with Crippen LogP contribution in [0.4, 0.5) is 0 Å². The van der Waals surface area contributed by atoms with Gasteiger partial charge in [-0.1, -0.05) is 60.7 Å². The zero-order valence-electron chi connectivity index (χ0n) is 8.68. The Morgan fingerprint density at radius 3 is 1.38 bits per heavy atom. The second kappa shape index (κ2) is 5.53. The van der Waals surface area contributed by atoms with Gasteiger partial charge in [0.1, 0.15) is 0 Å². The highest BCUT2D eigenvalue weighted by Crippen LogP contribution is 2.30. The molecular weight excluding hydrogens is 255 g/mol. The molecule has 0 aliphatic heterocycles. The molecule has 0 saturated carbocycles. The van der Waals surface area contributed by atoms with Crippen molar-refractivity contribution >= 4 is 29.6 Å². The van der Waals surface area contributed by atoms with Crippen molar-refractivity contribution in [2.24, 2.45) is 0 Å². The molecule has 0 atom stereocenters. The summed E-state index contributed by atoms with van der Waals surface area (Å²) in [6.07, 6.45) is 0. The Bertz CT molecular complexity index is 389. The topological polar surface area (TPSA) is 0 Å². The molecule has 0 N–H and O–H groups in total. The molecule has 3 heteroatoms. The van der Waals surface area contributed by atoms with Crippen LogP contribution in [0, 0.1) is 0 Å². The number of halogens is 2. The molecule has 0 amide bonds. The van der Waals surface area contributed by atoms with E-state index in [9.17, 15) is 0 Å². The lowest BCUT2D eigenvalue weighted by Crippen LogP contribution is -2.13. The van der Waals surface area contributed by atoms with E-state index in [4.69, 9.17) is 22.2 Å². The van der Waals surface area contributed by atoms with E-state index in [0.717, 1.165) is 0 Å². The predicted molar refractivity (Wildman–Crippen MR) is 73.6 cm³/mol. The fraction of sp³-hybridized carbons (Fsp3) is 0.0769. The number of benzene rings is 2. The van der Waals surface area contributed by atoms with E-state index in [1.165, 1.54) is 11.1 Å². The fourth-order valence-corrected chi connectivity index (χ4v) is 4.58. The molecular formula is C13H12Cl2Si. The maximum atomic E-state index is 6.22. The third-order valence-corrected chi connectivity index (χ3v) is 5.35. The third kappa shape index (κ3) is 2.67. The Morgan fingerprint density at radius 2 is 1.06 bits per heavy atom. The van der Waals surface area contributed by atoms with Crippen LogP contribution in [0.5, 0.6) is 0 Å². The first-order valence-corrected chi connectivity index (χ1v) is 9.33. The van der Waals surface area contributed by atoms with Gasteiger partial charge >= 0.3 is 0 Å². The molecule has 82 valence electrons. The normalized spacial score (nSPS) is 11.0. The van der Waals surface area contributed by atoms with Gasteiger partial charge in [0.15, 0.2) is 0 Å². The highest BCUT2D eigenvalue weighted by molar-refractivity contribution is 7.34. The first kappa shape index (κ1) is 11.7. The fourth-order valence-electron chi connectivity index (χ4n) is 1.80. The summed E-state index contributed by atoms with van der Waals surface area (Å²) in [4.78, 5) is 0. The molecule has 2 aromatic carbocycles. The van der Waals surface area contributed by atoms with Crippen LogP contribution in [0.3, 0.4) is 0 Å². The first-order chi connectivity index (χ1) is 7.79. The molecule has 0 aromatic heterocycles. The van der Waals surface area contributed by atoms with Crippen molar-refractivity contribution in [3.63, 3.8) is 0 Å². The number of hydrogen-bond acceptors (Lipinski definition) is 0. The van der Waals surface area contributed by atoms with Gasteiger partial charge in [-0.05, 0) is 11.1 Å². The van der Waals surface area contributed by atoms with E-state index < -0.39 is 7.42 Å². The lowest BCUT2D eigenvalue weighted by Gasteiger charge is -2.17. The van der Waals surface area contributed by atoms with Gasteiger partial charge < -0.3 is 0 Å². The minimum atomic E-state index is -1.79. The summed E-state index contributed by atoms with van der Waals surface area (Å²) in [5.74, 6) is 0. The maximum absolute atomic E-state index is 6.22. The van der Waals surface area contributed by atoms with Crippen molar-refractivity contribution in [2.75, 3.05) is 0 Å². The molecule has 0 aliphatic rings. The monoisotopic (exact) mass is 266 g/mol. The Hall–Kier alpha value is -0.763. The first-order valence-electron chi connectivity index (χ1n) is 5.17. The second-order valence-electron chi connectivity index (χ2n) is 3.63. The molecule has 2 aromatic rings. The van der Waals surface area contributed by atoms with E-state index in [2.05, 4.69) is 24.3 Å². The largest absolute Gasteiger partial charge is 0.248 e. The van der Waals surface area contributed by atoms with Crippen LogP contribution in [-0.2, 0) is 0 Å². The molecule has 0 heterocycles. The van der Waals surface area contributed by atoms with Gasteiger partial charge in [-0.3, -0.25) is 0 Å². The molecule has 0 fully saturated rings. The van der Waals surface area contributed by atoms with Crippen LogP contribution in [-0.4, -0.2) is 7.42 Å². The summed E-state index contributed by atoms with van der Waals surface area (Å²) in [6, 6.07) is 20.4. The quantitative estimate of drug-likeness (QED) is 0.581. The Labute approximate surface area is 107 Å². The summed E-state index contributed by atoms with van der Waals surface area (Å²) >= 11 is 12.4. The van der Waals surface area contributed by atoms with Crippen molar-refractivity contribution in [3.05, 3.63) is 71.8 Å². The van der Waals surface area contributed by atoms with Gasteiger partial charge in [-0.25, -0.2) is 0 Å². The Morgan fingerprint density at radius 1 is 0.688 bits per heavy atom. The van der Waals surface area contributed by atoms with Crippen LogP contribution in [0.25, 0.3) is 0 Å². The van der Waals surface area contributed by atoms with E-state index in [1.54, 1.807) is 0 Å². The maximum Gasteiger partial charge on any atom is 0.248 e. The van der Waals surface area contributed by atoms with E-state index in [0.29, 0.717) is 0 Å². The zero-order chi connectivity index (χ0) is 11.4. The standard InChI is InChI=1S/C13H12Cl2Si/c14-16(15)13(11-7-3-1-4-8-11)12-9-5-2-6-10-12/h1-10,13,16H. The predicted octanol–water partition coefficient (Wildman–Crippen LogP) is 4.06. The van der Waals surface area contributed by atoms with Gasteiger partial charge in [-0.2, -0.15) is 0 Å². The van der Waals surface area contributed by atoms with Gasteiger partial charge in [0.25, 0.3) is 0 Å². The van der Waals surface area contributed by atoms with Crippen LogP contribution >= 0.6 is 22.2 Å². The van der Waals surface area contributed by atoms with Gasteiger partial charge in [-0.15, -0.1) is 22.2 Å². The minimum Gasteiger partial charge on any atom is -0.149 e. The van der Waals surface area contributed by atoms with Crippen molar-refractivity contribution in [3.8, 4) is 0 Å². The molecule has 0 radical (unpaired) electrons. The smallest absolute Gasteiger partial charge is 0.149 e. The van der Waals surface area contributed by atoms with Gasteiger partial charge in [0.05, 0.1) is 0 Å². The summed E-state index contributed by atoms with van der Waals surface area (Å²) in [6.45, 7) is 0. The van der Waals surface area contributed by atoms with Crippen molar-refractivity contribution in [1.82, 2.24) is 0 Å². The van der Waals surface area contributed by atoms with E-state index in [-0.39, 0.29) is 5.54 Å². The molecule has 0 unspecified atom stereocenters. The summed E-state index contributed by atoms with van der Waals surface area (Å²) in [5.41, 5.74) is 2.58. The van der Waals surface area contributed by atoms with Gasteiger partial charge in [0, 0.05) is 5.54 Å². The Balaban J connectivity index is 2.40. The Kier molecular flexibility index (Phi) is 4.05. The van der Waals surface area contributed by atoms with Crippen molar-refractivity contribution in [2.45, 2.75) is 5.54 Å². The van der Waals surface area contributed by atoms with E-state index >= 15 is 0 Å². The van der Waals surface area contributed by atoms with Crippen LogP contribution in [0.2, 0.25) is 0 Å². The average molecular weight is 267 g/mol. The molecule has 0 nitrogen and oxygen atoms in total. The molecule has 0 bridgehead atoms. The molecule has 16 heavy (non-hydrogen) atoms. The molecule has 0 spiro atoms. The highest BCUT2D eigenvalue weighted by Gasteiger charge is 2.22. The SMILES string of the molecule is Cl[SiH](Cl)C(c1ccccc1)c1ccccc1. The third-order valence-electron chi connectivity index (χ3n) is 2.57. The van der Waals surface area contributed by atoms with Crippen LogP contribution in [0.1, 0.15) is 16.7 Å². The van der Waals surface area contributed by atoms with Gasteiger partial charge in [0.2, 0.25) is 7.42 Å². The molecule has 0 saturated heterocycles.